The minimum atomic E-state index is -0.402. The number of methoxy groups -OCH3 is 2. The number of amides is 2. The van der Waals surface area contributed by atoms with Crippen molar-refractivity contribution < 1.29 is 19.1 Å². The first-order chi connectivity index (χ1) is 13.0. The molecule has 1 aliphatic heterocycles. The highest BCUT2D eigenvalue weighted by Crippen LogP contribution is 2.29. The Morgan fingerprint density at radius 1 is 1.11 bits per heavy atom. The summed E-state index contributed by atoms with van der Waals surface area (Å²) in [5.41, 5.74) is 2.62. The molecule has 6 nitrogen and oxygen atoms in total. The summed E-state index contributed by atoms with van der Waals surface area (Å²) in [7, 11) is 3.11. The van der Waals surface area contributed by atoms with Crippen LogP contribution in [0.3, 0.4) is 0 Å². The van der Waals surface area contributed by atoms with E-state index in [0.717, 1.165) is 12.1 Å². The van der Waals surface area contributed by atoms with E-state index in [1.54, 1.807) is 37.3 Å². The summed E-state index contributed by atoms with van der Waals surface area (Å²) in [6.07, 6.45) is 1.14. The van der Waals surface area contributed by atoms with E-state index in [9.17, 15) is 9.59 Å². The zero-order valence-electron chi connectivity index (χ0n) is 15.8. The van der Waals surface area contributed by atoms with Gasteiger partial charge < -0.3 is 19.7 Å². The minimum Gasteiger partial charge on any atom is -0.497 e. The SMILES string of the molecule is CCc1ccc(N2CC(C(=O)Nc3cc(OC)cc(OC)c3)CC2=O)cc1. The third-order valence-electron chi connectivity index (χ3n) is 4.77. The number of hydrogen-bond acceptors (Lipinski definition) is 4. The van der Waals surface area contributed by atoms with Crippen LogP contribution in [0.4, 0.5) is 11.4 Å². The third-order valence-corrected chi connectivity index (χ3v) is 4.77. The quantitative estimate of drug-likeness (QED) is 0.850. The molecular formula is C21H24N2O4. The highest BCUT2D eigenvalue weighted by atomic mass is 16.5. The van der Waals surface area contributed by atoms with Gasteiger partial charge in [0.1, 0.15) is 11.5 Å². The predicted molar refractivity (Wildman–Crippen MR) is 104 cm³/mol. The van der Waals surface area contributed by atoms with Gasteiger partial charge in [0.05, 0.1) is 20.1 Å². The lowest BCUT2D eigenvalue weighted by atomic mass is 10.1. The largest absolute Gasteiger partial charge is 0.497 e. The van der Waals surface area contributed by atoms with Crippen molar-refractivity contribution in [3.63, 3.8) is 0 Å². The number of rotatable bonds is 6. The summed E-state index contributed by atoms with van der Waals surface area (Å²) in [6.45, 7) is 2.46. The maximum Gasteiger partial charge on any atom is 0.229 e. The van der Waals surface area contributed by atoms with Gasteiger partial charge in [0.25, 0.3) is 0 Å². The number of hydrogen-bond donors (Lipinski definition) is 1. The van der Waals surface area contributed by atoms with Gasteiger partial charge in [0.2, 0.25) is 11.8 Å². The van der Waals surface area contributed by atoms with E-state index >= 15 is 0 Å². The zero-order valence-corrected chi connectivity index (χ0v) is 15.8. The van der Waals surface area contributed by atoms with Gasteiger partial charge in [-0.2, -0.15) is 0 Å². The highest BCUT2D eigenvalue weighted by Gasteiger charge is 2.35. The first kappa shape index (κ1) is 18.8. The third kappa shape index (κ3) is 4.22. The molecule has 2 aromatic carbocycles. The van der Waals surface area contributed by atoms with Crippen LogP contribution in [-0.2, 0) is 16.0 Å². The molecule has 1 heterocycles. The summed E-state index contributed by atoms with van der Waals surface area (Å²) in [5.74, 6) is 0.545. The van der Waals surface area contributed by atoms with Gasteiger partial charge in [-0.3, -0.25) is 9.59 Å². The van der Waals surface area contributed by atoms with Crippen molar-refractivity contribution in [1.82, 2.24) is 0 Å². The average molecular weight is 368 g/mol. The average Bonchev–Trinajstić information content (AvgIpc) is 3.09. The van der Waals surface area contributed by atoms with Crippen LogP contribution in [0.25, 0.3) is 0 Å². The Kier molecular flexibility index (Phi) is 5.64. The topological polar surface area (TPSA) is 67.9 Å². The van der Waals surface area contributed by atoms with Crippen molar-refractivity contribution in [3.05, 3.63) is 48.0 Å². The number of carbonyl (C=O) groups is 2. The van der Waals surface area contributed by atoms with E-state index < -0.39 is 5.92 Å². The van der Waals surface area contributed by atoms with Crippen molar-refractivity contribution >= 4 is 23.2 Å². The predicted octanol–water partition coefficient (Wildman–Crippen LogP) is 3.26. The van der Waals surface area contributed by atoms with E-state index in [0.29, 0.717) is 23.7 Å². The number of anilines is 2. The second-order valence-electron chi connectivity index (χ2n) is 6.52. The lowest BCUT2D eigenvalue weighted by molar-refractivity contribution is -0.122. The fraction of sp³-hybridized carbons (Fsp3) is 0.333. The van der Waals surface area contributed by atoms with Gasteiger partial charge in [-0.15, -0.1) is 0 Å². The maximum absolute atomic E-state index is 12.7. The smallest absolute Gasteiger partial charge is 0.229 e. The molecule has 0 aromatic heterocycles. The second-order valence-corrected chi connectivity index (χ2v) is 6.52. The fourth-order valence-corrected chi connectivity index (χ4v) is 3.17. The van der Waals surface area contributed by atoms with Crippen molar-refractivity contribution in [2.24, 2.45) is 5.92 Å². The molecule has 0 spiro atoms. The summed E-state index contributed by atoms with van der Waals surface area (Å²) < 4.78 is 10.4. The molecule has 1 aliphatic rings. The van der Waals surface area contributed by atoms with Gasteiger partial charge in [0, 0.05) is 42.5 Å². The number of nitrogens with zero attached hydrogens (tertiary/aromatic N) is 1. The molecule has 1 N–H and O–H groups in total. The summed E-state index contributed by atoms with van der Waals surface area (Å²) in [6, 6.07) is 13.1. The van der Waals surface area contributed by atoms with E-state index in [1.807, 2.05) is 24.3 Å². The molecule has 6 heteroatoms. The van der Waals surface area contributed by atoms with Crippen LogP contribution in [0.5, 0.6) is 11.5 Å². The van der Waals surface area contributed by atoms with Crippen molar-refractivity contribution in [3.8, 4) is 11.5 Å². The second kappa shape index (κ2) is 8.12. The Morgan fingerprint density at radius 3 is 2.30 bits per heavy atom. The van der Waals surface area contributed by atoms with Gasteiger partial charge in [-0.05, 0) is 24.1 Å². The molecule has 27 heavy (non-hydrogen) atoms. The lowest BCUT2D eigenvalue weighted by Crippen LogP contribution is -2.28. The lowest BCUT2D eigenvalue weighted by Gasteiger charge is -2.17. The normalized spacial score (nSPS) is 16.3. The van der Waals surface area contributed by atoms with Crippen LogP contribution < -0.4 is 19.7 Å². The Balaban J connectivity index is 1.70. The molecule has 1 atom stereocenters. The minimum absolute atomic E-state index is 0.0392. The molecule has 2 aromatic rings. The van der Waals surface area contributed by atoms with E-state index in [4.69, 9.17) is 9.47 Å². The van der Waals surface area contributed by atoms with E-state index in [2.05, 4.69) is 12.2 Å². The van der Waals surface area contributed by atoms with Gasteiger partial charge in [-0.1, -0.05) is 19.1 Å². The number of nitrogens with one attached hydrogen (secondary N) is 1. The van der Waals surface area contributed by atoms with Crippen molar-refractivity contribution in [2.45, 2.75) is 19.8 Å². The number of aryl methyl sites for hydroxylation is 1. The molecule has 142 valence electrons. The molecule has 1 fully saturated rings. The molecule has 1 unspecified atom stereocenters. The molecular weight excluding hydrogens is 344 g/mol. The number of carbonyl (C=O) groups excluding carboxylic acids is 2. The monoisotopic (exact) mass is 368 g/mol. The van der Waals surface area contributed by atoms with Gasteiger partial charge in [0.15, 0.2) is 0 Å². The van der Waals surface area contributed by atoms with Crippen LogP contribution in [0.2, 0.25) is 0 Å². The Bertz CT molecular complexity index is 810. The van der Waals surface area contributed by atoms with Gasteiger partial charge in [-0.25, -0.2) is 0 Å². The maximum atomic E-state index is 12.7. The molecule has 0 saturated carbocycles. The molecule has 1 saturated heterocycles. The summed E-state index contributed by atoms with van der Waals surface area (Å²) in [4.78, 5) is 26.7. The summed E-state index contributed by atoms with van der Waals surface area (Å²) >= 11 is 0. The molecule has 3 rings (SSSR count). The molecule has 0 radical (unpaired) electrons. The first-order valence-corrected chi connectivity index (χ1v) is 8.97. The molecule has 2 amide bonds. The van der Waals surface area contributed by atoms with Crippen molar-refractivity contribution in [1.29, 1.82) is 0 Å². The first-order valence-electron chi connectivity index (χ1n) is 8.97. The number of benzene rings is 2. The van der Waals surface area contributed by atoms with Crippen molar-refractivity contribution in [2.75, 3.05) is 31.0 Å². The zero-order chi connectivity index (χ0) is 19.4. The van der Waals surface area contributed by atoms with Gasteiger partial charge >= 0.3 is 0 Å². The Labute approximate surface area is 159 Å². The fourth-order valence-electron chi connectivity index (χ4n) is 3.17. The Hall–Kier alpha value is -3.02. The van der Waals surface area contributed by atoms with Crippen LogP contribution in [0.1, 0.15) is 18.9 Å². The summed E-state index contributed by atoms with van der Waals surface area (Å²) in [5, 5.41) is 2.87. The highest BCUT2D eigenvalue weighted by molar-refractivity contribution is 6.03. The van der Waals surface area contributed by atoms with E-state index in [-0.39, 0.29) is 18.2 Å². The van der Waals surface area contributed by atoms with Crippen LogP contribution in [-0.4, -0.2) is 32.6 Å². The molecule has 0 bridgehead atoms. The standard InChI is InChI=1S/C21H24N2O4/c1-4-14-5-7-17(8-6-14)23-13-15(9-20(23)24)21(25)22-16-10-18(26-2)12-19(11-16)27-3/h5-8,10-12,15H,4,9,13H2,1-3H3,(H,22,25). The molecule has 0 aliphatic carbocycles. The number of ether oxygens (including phenoxy) is 2. The van der Waals surface area contributed by atoms with Crippen LogP contribution in [0.15, 0.2) is 42.5 Å². The van der Waals surface area contributed by atoms with Crippen LogP contribution >= 0.6 is 0 Å². The van der Waals surface area contributed by atoms with Crippen LogP contribution in [0, 0.1) is 5.92 Å². The Morgan fingerprint density at radius 2 is 1.74 bits per heavy atom. The van der Waals surface area contributed by atoms with E-state index in [1.165, 1.54) is 5.56 Å².